The van der Waals surface area contributed by atoms with Crippen LogP contribution in [0.1, 0.15) is 30.2 Å². The Morgan fingerprint density at radius 3 is 2.40 bits per heavy atom. The Labute approximate surface area is 113 Å². The fourth-order valence-corrected chi connectivity index (χ4v) is 2.23. The van der Waals surface area contributed by atoms with E-state index in [0.29, 0.717) is 11.0 Å². The van der Waals surface area contributed by atoms with Crippen LogP contribution in [0.5, 0.6) is 0 Å². The molecule has 0 saturated heterocycles. The molecule has 1 atom stereocenters. The van der Waals surface area contributed by atoms with E-state index in [0.717, 1.165) is 4.57 Å². The van der Waals surface area contributed by atoms with Crippen molar-refractivity contribution in [2.24, 2.45) is 5.92 Å². The maximum Gasteiger partial charge on any atom is 0.335 e. The van der Waals surface area contributed by atoms with Gasteiger partial charge in [0.25, 0.3) is 0 Å². The summed E-state index contributed by atoms with van der Waals surface area (Å²) in [7, 11) is 0. The van der Waals surface area contributed by atoms with Crippen molar-refractivity contribution >= 4 is 23.0 Å². The first-order valence-electron chi connectivity index (χ1n) is 6.03. The van der Waals surface area contributed by atoms with Crippen molar-refractivity contribution in [3.8, 4) is 0 Å². The molecule has 7 heteroatoms. The van der Waals surface area contributed by atoms with Crippen LogP contribution in [0.15, 0.2) is 23.0 Å². The molecular formula is C13H14N2O5. The number of fused-ring (bicyclic) bond motifs is 1. The van der Waals surface area contributed by atoms with Gasteiger partial charge in [0.05, 0.1) is 16.6 Å². The number of H-pyrrole nitrogens is 1. The van der Waals surface area contributed by atoms with Gasteiger partial charge in [0, 0.05) is 0 Å². The Hall–Kier alpha value is -2.57. The SMILES string of the molecule is CC(C)C(C(=O)O)n1c(=O)[nH]c2cc(C(=O)O)ccc21. The average molecular weight is 278 g/mol. The Morgan fingerprint density at radius 1 is 1.25 bits per heavy atom. The van der Waals surface area contributed by atoms with Crippen molar-refractivity contribution in [3.05, 3.63) is 34.2 Å². The first kappa shape index (κ1) is 13.9. The number of hydrogen-bond acceptors (Lipinski definition) is 3. The molecule has 20 heavy (non-hydrogen) atoms. The Balaban J connectivity index is 2.71. The zero-order chi connectivity index (χ0) is 15.0. The molecule has 0 radical (unpaired) electrons. The zero-order valence-electron chi connectivity index (χ0n) is 11.0. The fraction of sp³-hybridized carbons (Fsp3) is 0.308. The second-order valence-corrected chi connectivity index (χ2v) is 4.86. The highest BCUT2D eigenvalue weighted by Crippen LogP contribution is 2.22. The van der Waals surface area contributed by atoms with Crippen LogP contribution in [0.3, 0.4) is 0 Å². The summed E-state index contributed by atoms with van der Waals surface area (Å²) < 4.78 is 1.15. The van der Waals surface area contributed by atoms with Crippen LogP contribution in [0.25, 0.3) is 11.0 Å². The van der Waals surface area contributed by atoms with Crippen LogP contribution in [0.2, 0.25) is 0 Å². The highest BCUT2D eigenvalue weighted by Gasteiger charge is 2.27. The molecule has 0 fully saturated rings. The normalized spacial score (nSPS) is 12.8. The number of nitrogens with zero attached hydrogens (tertiary/aromatic N) is 1. The van der Waals surface area contributed by atoms with Gasteiger partial charge in [0.2, 0.25) is 0 Å². The molecule has 106 valence electrons. The molecule has 1 aromatic heterocycles. The van der Waals surface area contributed by atoms with E-state index in [2.05, 4.69) is 4.98 Å². The van der Waals surface area contributed by atoms with Gasteiger partial charge in [-0.15, -0.1) is 0 Å². The quantitative estimate of drug-likeness (QED) is 0.780. The minimum absolute atomic E-state index is 0.0299. The molecule has 2 rings (SSSR count). The maximum absolute atomic E-state index is 12.0. The largest absolute Gasteiger partial charge is 0.480 e. The lowest BCUT2D eigenvalue weighted by atomic mass is 10.0. The minimum Gasteiger partial charge on any atom is -0.480 e. The second kappa shape index (κ2) is 4.84. The lowest BCUT2D eigenvalue weighted by Gasteiger charge is -2.17. The van der Waals surface area contributed by atoms with Gasteiger partial charge in [0.1, 0.15) is 6.04 Å². The monoisotopic (exact) mass is 278 g/mol. The van der Waals surface area contributed by atoms with Gasteiger partial charge in [0.15, 0.2) is 0 Å². The molecular weight excluding hydrogens is 264 g/mol. The molecule has 1 aromatic carbocycles. The van der Waals surface area contributed by atoms with Gasteiger partial charge < -0.3 is 15.2 Å². The van der Waals surface area contributed by atoms with Crippen LogP contribution in [0.4, 0.5) is 0 Å². The third kappa shape index (κ3) is 2.18. The van der Waals surface area contributed by atoms with Crippen LogP contribution in [0, 0.1) is 5.92 Å². The summed E-state index contributed by atoms with van der Waals surface area (Å²) in [6, 6.07) is 3.09. The van der Waals surface area contributed by atoms with Crippen molar-refractivity contribution in [2.45, 2.75) is 19.9 Å². The first-order valence-corrected chi connectivity index (χ1v) is 6.03. The number of carboxylic acids is 2. The molecule has 0 aliphatic rings. The molecule has 7 nitrogen and oxygen atoms in total. The smallest absolute Gasteiger partial charge is 0.335 e. The molecule has 2 aromatic rings. The fourth-order valence-electron chi connectivity index (χ4n) is 2.23. The van der Waals surface area contributed by atoms with E-state index >= 15 is 0 Å². The maximum atomic E-state index is 12.0. The highest BCUT2D eigenvalue weighted by molar-refractivity contribution is 5.92. The van der Waals surface area contributed by atoms with Crippen molar-refractivity contribution in [1.29, 1.82) is 0 Å². The number of aliphatic carboxylic acids is 1. The standard InChI is InChI=1S/C13H14N2O5/c1-6(2)10(12(18)19)15-9-4-3-7(11(16)17)5-8(9)14-13(15)20/h3-6,10H,1-2H3,(H,14,20)(H,16,17)(H,18,19). The Bertz CT molecular complexity index is 741. The van der Waals surface area contributed by atoms with Crippen LogP contribution < -0.4 is 5.69 Å². The number of aromatic amines is 1. The number of nitrogens with one attached hydrogen (secondary N) is 1. The van der Waals surface area contributed by atoms with E-state index in [-0.39, 0.29) is 11.5 Å². The van der Waals surface area contributed by atoms with Gasteiger partial charge in [-0.2, -0.15) is 0 Å². The highest BCUT2D eigenvalue weighted by atomic mass is 16.4. The number of hydrogen-bond donors (Lipinski definition) is 3. The van der Waals surface area contributed by atoms with E-state index in [9.17, 15) is 19.5 Å². The molecule has 0 aliphatic heterocycles. The molecule has 0 aliphatic carbocycles. The van der Waals surface area contributed by atoms with Crippen molar-refractivity contribution in [2.75, 3.05) is 0 Å². The summed E-state index contributed by atoms with van der Waals surface area (Å²) in [6.07, 6.45) is 0. The van der Waals surface area contributed by atoms with Gasteiger partial charge in [-0.3, -0.25) is 4.57 Å². The topological polar surface area (TPSA) is 112 Å². The third-order valence-electron chi connectivity index (χ3n) is 3.13. The average Bonchev–Trinajstić information content (AvgIpc) is 2.64. The molecule has 3 N–H and O–H groups in total. The summed E-state index contributed by atoms with van der Waals surface area (Å²) in [4.78, 5) is 36.7. The molecule has 0 amide bonds. The Kier molecular flexibility index (Phi) is 3.35. The Morgan fingerprint density at radius 2 is 1.90 bits per heavy atom. The van der Waals surface area contributed by atoms with Gasteiger partial charge in [-0.25, -0.2) is 14.4 Å². The predicted octanol–water partition coefficient (Wildman–Crippen LogP) is 1.31. The van der Waals surface area contributed by atoms with Gasteiger partial charge in [-0.1, -0.05) is 13.8 Å². The summed E-state index contributed by atoms with van der Waals surface area (Å²) in [6.45, 7) is 3.41. The predicted molar refractivity (Wildman–Crippen MR) is 71.0 cm³/mol. The lowest BCUT2D eigenvalue weighted by Crippen LogP contribution is -2.31. The van der Waals surface area contributed by atoms with Crippen LogP contribution in [-0.2, 0) is 4.79 Å². The van der Waals surface area contributed by atoms with Crippen molar-refractivity contribution in [1.82, 2.24) is 9.55 Å². The molecule has 1 heterocycles. The number of benzene rings is 1. The number of rotatable bonds is 4. The number of aromatic nitrogens is 2. The van der Waals surface area contributed by atoms with Gasteiger partial charge in [-0.05, 0) is 24.1 Å². The van der Waals surface area contributed by atoms with E-state index in [1.54, 1.807) is 13.8 Å². The zero-order valence-corrected chi connectivity index (χ0v) is 11.0. The van der Waals surface area contributed by atoms with Crippen LogP contribution in [-0.4, -0.2) is 31.7 Å². The molecule has 1 unspecified atom stereocenters. The second-order valence-electron chi connectivity index (χ2n) is 4.86. The number of aromatic carboxylic acids is 1. The molecule has 0 bridgehead atoms. The third-order valence-corrected chi connectivity index (χ3v) is 3.13. The van der Waals surface area contributed by atoms with Crippen molar-refractivity contribution < 1.29 is 19.8 Å². The van der Waals surface area contributed by atoms with Gasteiger partial charge >= 0.3 is 17.6 Å². The molecule has 0 saturated carbocycles. The first-order chi connectivity index (χ1) is 9.32. The minimum atomic E-state index is -1.11. The van der Waals surface area contributed by atoms with E-state index in [1.165, 1.54) is 18.2 Å². The summed E-state index contributed by atoms with van der Waals surface area (Å²) in [5.74, 6) is -2.51. The summed E-state index contributed by atoms with van der Waals surface area (Å²) in [5.41, 5.74) is 0.147. The van der Waals surface area contributed by atoms with E-state index in [1.807, 2.05) is 0 Å². The van der Waals surface area contributed by atoms with Crippen LogP contribution >= 0.6 is 0 Å². The number of carbonyl (C=O) groups is 2. The summed E-state index contributed by atoms with van der Waals surface area (Å²) in [5, 5.41) is 18.2. The molecule has 0 spiro atoms. The van der Waals surface area contributed by atoms with Crippen molar-refractivity contribution in [3.63, 3.8) is 0 Å². The number of imidazole rings is 1. The van der Waals surface area contributed by atoms with E-state index in [4.69, 9.17) is 5.11 Å². The van der Waals surface area contributed by atoms with E-state index < -0.39 is 23.7 Å². The number of carboxylic acid groups (broad SMARTS) is 2. The summed E-state index contributed by atoms with van der Waals surface area (Å²) >= 11 is 0. The lowest BCUT2D eigenvalue weighted by molar-refractivity contribution is -0.142.